The summed E-state index contributed by atoms with van der Waals surface area (Å²) in [5.41, 5.74) is 2.85. The van der Waals surface area contributed by atoms with Gasteiger partial charge >= 0.3 is 0 Å². The van der Waals surface area contributed by atoms with Gasteiger partial charge in [-0.3, -0.25) is 0 Å². The van der Waals surface area contributed by atoms with E-state index < -0.39 is 0 Å². The second-order valence-electron chi connectivity index (χ2n) is 15.7. The van der Waals surface area contributed by atoms with E-state index in [1.165, 1.54) is 116 Å². The molecule has 1 unspecified atom stereocenters. The first-order valence-electron chi connectivity index (χ1n) is 17.5. The number of allylic oxidation sites excluding steroid dienone is 1. The van der Waals surface area contributed by atoms with E-state index in [1.807, 2.05) is 0 Å². The Balaban J connectivity index is 1.31. The van der Waals surface area contributed by atoms with E-state index in [0.717, 1.165) is 35.5 Å². The van der Waals surface area contributed by atoms with Crippen molar-refractivity contribution < 1.29 is 4.74 Å². The molecule has 4 aliphatic rings. The molecule has 4 rings (SSSR count). The highest BCUT2D eigenvalue weighted by atomic mass is 16.5. The Morgan fingerprint density at radius 1 is 0.816 bits per heavy atom. The van der Waals surface area contributed by atoms with Crippen LogP contribution in [0.25, 0.3) is 0 Å². The van der Waals surface area contributed by atoms with E-state index in [9.17, 15) is 0 Å². The van der Waals surface area contributed by atoms with Gasteiger partial charge in [-0.1, -0.05) is 111 Å². The van der Waals surface area contributed by atoms with Crippen LogP contribution in [0.3, 0.4) is 0 Å². The lowest BCUT2D eigenvalue weighted by Crippen LogP contribution is -2.51. The van der Waals surface area contributed by atoms with Crippen LogP contribution in [0.4, 0.5) is 0 Å². The van der Waals surface area contributed by atoms with Crippen LogP contribution < -0.4 is 0 Å². The van der Waals surface area contributed by atoms with Crippen LogP contribution >= 0.6 is 0 Å². The quantitative estimate of drug-likeness (QED) is 0.161. The van der Waals surface area contributed by atoms with Crippen LogP contribution in [-0.2, 0) is 4.74 Å². The standard InChI is InChI=1S/C37H66O/c1-8-9-10-11-12-13-17-29(5)38-31-22-24-36(6)30(26-31)18-19-32-34-21-20-33(28(4)16-14-15-27(2)3)37(34,7)25-23-35(32)36/h18,27-29,31-35H,8-17,19-26H2,1-7H3/t28-,29?,31+,32+,33-,34+,35+,36+,37-/m1/s1. The molecule has 0 aromatic heterocycles. The Morgan fingerprint density at radius 3 is 2.34 bits per heavy atom. The molecule has 9 atom stereocenters. The third-order valence-electron chi connectivity index (χ3n) is 12.6. The van der Waals surface area contributed by atoms with Crippen molar-refractivity contribution in [2.45, 2.75) is 176 Å². The fraction of sp³-hybridized carbons (Fsp3) is 0.946. The Bertz CT molecular complexity index is 752. The Kier molecular flexibility index (Phi) is 11.0. The van der Waals surface area contributed by atoms with Crippen molar-refractivity contribution in [3.63, 3.8) is 0 Å². The maximum absolute atomic E-state index is 6.68. The van der Waals surface area contributed by atoms with E-state index in [-0.39, 0.29) is 0 Å². The SMILES string of the molecule is CCCCCCCCC(C)O[C@H]1CC[C@@]2(C)C(=CC[C@H]3[C@@H]4CC[C@H]([C@H](C)CCCC(C)C)[C@@]4(C)CC[C@@H]32)C1. The Labute approximate surface area is 238 Å². The first-order chi connectivity index (χ1) is 18.2. The van der Waals surface area contributed by atoms with Gasteiger partial charge in [0.15, 0.2) is 0 Å². The van der Waals surface area contributed by atoms with Gasteiger partial charge in [0.05, 0.1) is 12.2 Å². The number of hydrogen-bond donors (Lipinski definition) is 0. The van der Waals surface area contributed by atoms with Crippen LogP contribution in [0.2, 0.25) is 0 Å². The van der Waals surface area contributed by atoms with Crippen molar-refractivity contribution in [2.75, 3.05) is 0 Å². The zero-order chi connectivity index (χ0) is 27.3. The molecule has 1 heteroatoms. The highest BCUT2D eigenvalue weighted by molar-refractivity contribution is 5.25. The van der Waals surface area contributed by atoms with Gasteiger partial charge in [-0.2, -0.15) is 0 Å². The molecule has 3 saturated carbocycles. The van der Waals surface area contributed by atoms with Crippen molar-refractivity contribution in [1.82, 2.24) is 0 Å². The molecule has 0 N–H and O–H groups in total. The molecule has 0 aromatic rings. The van der Waals surface area contributed by atoms with Crippen LogP contribution in [0.5, 0.6) is 0 Å². The lowest BCUT2D eigenvalue weighted by Gasteiger charge is -2.58. The average Bonchev–Trinajstić information content (AvgIpc) is 3.23. The molecule has 0 saturated heterocycles. The summed E-state index contributed by atoms with van der Waals surface area (Å²) >= 11 is 0. The van der Waals surface area contributed by atoms with E-state index in [4.69, 9.17) is 4.74 Å². The second-order valence-corrected chi connectivity index (χ2v) is 15.7. The minimum atomic E-state index is 0.431. The maximum Gasteiger partial charge on any atom is 0.0616 e. The Morgan fingerprint density at radius 2 is 1.58 bits per heavy atom. The summed E-state index contributed by atoms with van der Waals surface area (Å²) in [7, 11) is 0. The molecular weight excluding hydrogens is 460 g/mol. The molecule has 0 aliphatic heterocycles. The summed E-state index contributed by atoms with van der Waals surface area (Å²) in [6, 6.07) is 0. The summed E-state index contributed by atoms with van der Waals surface area (Å²) in [6.07, 6.45) is 28.8. The van der Waals surface area contributed by atoms with Gasteiger partial charge in [0.1, 0.15) is 0 Å². The largest absolute Gasteiger partial charge is 0.375 e. The molecule has 0 amide bonds. The Hall–Kier alpha value is -0.300. The summed E-state index contributed by atoms with van der Waals surface area (Å²) < 4.78 is 6.68. The molecule has 3 fully saturated rings. The molecule has 220 valence electrons. The van der Waals surface area contributed by atoms with Gasteiger partial charge in [0, 0.05) is 0 Å². The average molecular weight is 527 g/mol. The van der Waals surface area contributed by atoms with Crippen LogP contribution in [0.15, 0.2) is 11.6 Å². The van der Waals surface area contributed by atoms with E-state index in [2.05, 4.69) is 54.5 Å². The summed E-state index contributed by atoms with van der Waals surface area (Å²) in [4.78, 5) is 0. The minimum Gasteiger partial charge on any atom is -0.375 e. The highest BCUT2D eigenvalue weighted by Crippen LogP contribution is 2.67. The lowest BCUT2D eigenvalue weighted by atomic mass is 9.47. The maximum atomic E-state index is 6.68. The predicted molar refractivity (Wildman–Crippen MR) is 165 cm³/mol. The predicted octanol–water partition coefficient (Wildman–Crippen LogP) is 11.6. The monoisotopic (exact) mass is 527 g/mol. The van der Waals surface area contributed by atoms with Crippen molar-refractivity contribution in [3.05, 3.63) is 11.6 Å². The van der Waals surface area contributed by atoms with Gasteiger partial charge < -0.3 is 4.74 Å². The first-order valence-corrected chi connectivity index (χ1v) is 17.5. The molecule has 0 radical (unpaired) electrons. The third kappa shape index (κ3) is 6.77. The lowest BCUT2D eigenvalue weighted by molar-refractivity contribution is -0.0740. The summed E-state index contributed by atoms with van der Waals surface area (Å²) in [5.74, 6) is 5.58. The highest BCUT2D eigenvalue weighted by Gasteiger charge is 2.59. The van der Waals surface area contributed by atoms with Gasteiger partial charge in [-0.05, 0) is 111 Å². The van der Waals surface area contributed by atoms with Crippen LogP contribution in [0, 0.1) is 46.3 Å². The minimum absolute atomic E-state index is 0.431. The fourth-order valence-electron chi connectivity index (χ4n) is 10.4. The van der Waals surface area contributed by atoms with Crippen molar-refractivity contribution in [3.8, 4) is 0 Å². The number of rotatable bonds is 14. The molecule has 1 nitrogen and oxygen atoms in total. The molecule has 0 spiro atoms. The molecule has 0 aromatic carbocycles. The summed E-state index contributed by atoms with van der Waals surface area (Å²) in [6.45, 7) is 17.5. The van der Waals surface area contributed by atoms with Crippen molar-refractivity contribution in [2.24, 2.45) is 46.3 Å². The fourth-order valence-corrected chi connectivity index (χ4v) is 10.4. The molecular formula is C37H66O. The van der Waals surface area contributed by atoms with Crippen molar-refractivity contribution in [1.29, 1.82) is 0 Å². The number of ether oxygens (including phenoxy) is 1. The third-order valence-corrected chi connectivity index (χ3v) is 12.6. The zero-order valence-electron chi connectivity index (χ0n) is 26.8. The van der Waals surface area contributed by atoms with Gasteiger partial charge in [-0.25, -0.2) is 0 Å². The normalized spacial score (nSPS) is 38.3. The van der Waals surface area contributed by atoms with Gasteiger partial charge in [0.25, 0.3) is 0 Å². The topological polar surface area (TPSA) is 9.23 Å². The van der Waals surface area contributed by atoms with Gasteiger partial charge in [0.2, 0.25) is 0 Å². The number of unbranched alkanes of at least 4 members (excludes halogenated alkanes) is 5. The number of fused-ring (bicyclic) bond motifs is 5. The zero-order valence-corrected chi connectivity index (χ0v) is 26.8. The first kappa shape index (κ1) is 30.7. The molecule has 0 bridgehead atoms. The van der Waals surface area contributed by atoms with Crippen LogP contribution in [0.1, 0.15) is 164 Å². The van der Waals surface area contributed by atoms with Gasteiger partial charge in [-0.15, -0.1) is 0 Å². The molecule has 0 heterocycles. The van der Waals surface area contributed by atoms with E-state index in [1.54, 1.807) is 5.57 Å². The smallest absolute Gasteiger partial charge is 0.0616 e. The second kappa shape index (κ2) is 13.6. The molecule has 4 aliphatic carbocycles. The number of hydrogen-bond acceptors (Lipinski definition) is 1. The molecule has 38 heavy (non-hydrogen) atoms. The van der Waals surface area contributed by atoms with E-state index >= 15 is 0 Å². The van der Waals surface area contributed by atoms with Crippen LogP contribution in [-0.4, -0.2) is 12.2 Å². The summed E-state index contributed by atoms with van der Waals surface area (Å²) in [5, 5.41) is 0. The van der Waals surface area contributed by atoms with Crippen molar-refractivity contribution >= 4 is 0 Å². The van der Waals surface area contributed by atoms with E-state index in [0.29, 0.717) is 23.0 Å².